The molecule has 1 atom stereocenters. The summed E-state index contributed by atoms with van der Waals surface area (Å²) in [5.74, 6) is -0.786. The van der Waals surface area contributed by atoms with E-state index in [1.165, 1.54) is 6.20 Å². The normalized spacial score (nSPS) is 20.3. The van der Waals surface area contributed by atoms with Gasteiger partial charge in [0.1, 0.15) is 12.1 Å². The van der Waals surface area contributed by atoms with Crippen molar-refractivity contribution in [1.29, 1.82) is 5.26 Å². The molecule has 18 heavy (non-hydrogen) atoms. The van der Waals surface area contributed by atoms with E-state index < -0.39 is 12.0 Å². The van der Waals surface area contributed by atoms with Crippen LogP contribution >= 0.6 is 0 Å². The SMILES string of the molecule is CCOC(=O)/C(C#N)=C\NC1CCCCNC1=O. The van der Waals surface area contributed by atoms with Crippen molar-refractivity contribution in [2.75, 3.05) is 13.2 Å². The quantitative estimate of drug-likeness (QED) is 0.423. The number of rotatable bonds is 4. The largest absolute Gasteiger partial charge is 0.462 e. The minimum Gasteiger partial charge on any atom is -0.462 e. The molecule has 1 saturated heterocycles. The number of ether oxygens (including phenoxy) is 1. The van der Waals surface area contributed by atoms with Crippen LogP contribution in [0.25, 0.3) is 0 Å². The molecule has 1 heterocycles. The predicted octanol–water partition coefficient (Wildman–Crippen LogP) is 0.215. The number of carbonyl (C=O) groups is 2. The second-order valence-electron chi connectivity index (χ2n) is 3.90. The summed E-state index contributed by atoms with van der Waals surface area (Å²) in [6.45, 7) is 2.55. The van der Waals surface area contributed by atoms with Crippen LogP contribution in [0.3, 0.4) is 0 Å². The van der Waals surface area contributed by atoms with E-state index in [9.17, 15) is 9.59 Å². The standard InChI is InChI=1S/C12H17N3O3/c1-2-18-12(17)9(7-13)8-15-10-5-3-4-6-14-11(10)16/h8,10,15H,2-6H2,1H3,(H,14,16)/b9-8-. The van der Waals surface area contributed by atoms with E-state index in [2.05, 4.69) is 10.6 Å². The van der Waals surface area contributed by atoms with Crippen molar-refractivity contribution in [3.63, 3.8) is 0 Å². The second-order valence-corrected chi connectivity index (χ2v) is 3.90. The van der Waals surface area contributed by atoms with Gasteiger partial charge in [-0.25, -0.2) is 4.79 Å². The van der Waals surface area contributed by atoms with Gasteiger partial charge in [0.15, 0.2) is 5.57 Å². The lowest BCUT2D eigenvalue weighted by Gasteiger charge is -2.13. The molecule has 0 bridgehead atoms. The van der Waals surface area contributed by atoms with Crippen LogP contribution in [0.1, 0.15) is 26.2 Å². The third-order valence-corrected chi connectivity index (χ3v) is 2.58. The van der Waals surface area contributed by atoms with Crippen LogP contribution in [0.5, 0.6) is 0 Å². The zero-order chi connectivity index (χ0) is 13.4. The molecule has 0 aromatic carbocycles. The summed E-state index contributed by atoms with van der Waals surface area (Å²) in [5, 5.41) is 14.4. The molecule has 6 heteroatoms. The van der Waals surface area contributed by atoms with Crippen molar-refractivity contribution in [2.24, 2.45) is 0 Å². The van der Waals surface area contributed by atoms with Gasteiger partial charge in [0.25, 0.3) is 0 Å². The third kappa shape index (κ3) is 4.09. The molecular weight excluding hydrogens is 234 g/mol. The lowest BCUT2D eigenvalue weighted by Crippen LogP contribution is -2.40. The van der Waals surface area contributed by atoms with Gasteiger partial charge in [-0.1, -0.05) is 0 Å². The highest BCUT2D eigenvalue weighted by Gasteiger charge is 2.20. The van der Waals surface area contributed by atoms with E-state index in [1.54, 1.807) is 13.0 Å². The molecule has 0 aliphatic carbocycles. The first-order valence-corrected chi connectivity index (χ1v) is 6.00. The number of nitriles is 1. The van der Waals surface area contributed by atoms with Crippen molar-refractivity contribution in [2.45, 2.75) is 32.2 Å². The molecule has 2 N–H and O–H groups in total. The maximum Gasteiger partial charge on any atom is 0.350 e. The molecule has 1 aliphatic heterocycles. The van der Waals surface area contributed by atoms with Crippen molar-refractivity contribution < 1.29 is 14.3 Å². The van der Waals surface area contributed by atoms with E-state index >= 15 is 0 Å². The molecule has 1 unspecified atom stereocenters. The van der Waals surface area contributed by atoms with Gasteiger partial charge in [0, 0.05) is 12.7 Å². The van der Waals surface area contributed by atoms with E-state index in [4.69, 9.17) is 10.00 Å². The van der Waals surface area contributed by atoms with Crippen LogP contribution in [0.2, 0.25) is 0 Å². The lowest BCUT2D eigenvalue weighted by atomic mass is 10.1. The molecule has 0 spiro atoms. The monoisotopic (exact) mass is 251 g/mol. The topological polar surface area (TPSA) is 91.2 Å². The first kappa shape index (κ1) is 14.0. The first-order valence-electron chi connectivity index (χ1n) is 6.00. The molecule has 6 nitrogen and oxygen atoms in total. The summed E-state index contributed by atoms with van der Waals surface area (Å²) in [6, 6.07) is 1.35. The number of hydrogen-bond donors (Lipinski definition) is 2. The minimum atomic E-state index is -0.679. The summed E-state index contributed by atoms with van der Waals surface area (Å²) < 4.78 is 4.72. The Morgan fingerprint density at radius 1 is 1.67 bits per heavy atom. The van der Waals surface area contributed by atoms with Crippen LogP contribution in [0.15, 0.2) is 11.8 Å². The highest BCUT2D eigenvalue weighted by molar-refractivity contribution is 5.92. The Hall–Kier alpha value is -2.03. The Kier molecular flexibility index (Phi) is 5.71. The third-order valence-electron chi connectivity index (χ3n) is 2.58. The van der Waals surface area contributed by atoms with E-state index in [0.29, 0.717) is 13.0 Å². The van der Waals surface area contributed by atoms with Crippen LogP contribution in [0.4, 0.5) is 0 Å². The van der Waals surface area contributed by atoms with Crippen LogP contribution < -0.4 is 10.6 Å². The second kappa shape index (κ2) is 7.33. The van der Waals surface area contributed by atoms with Gasteiger partial charge in [-0.2, -0.15) is 5.26 Å². The van der Waals surface area contributed by atoms with Crippen LogP contribution in [0, 0.1) is 11.3 Å². The molecule has 0 aromatic heterocycles. The number of hydrogen-bond acceptors (Lipinski definition) is 5. The maximum atomic E-state index is 11.6. The summed E-state index contributed by atoms with van der Waals surface area (Å²) in [7, 11) is 0. The number of carbonyl (C=O) groups excluding carboxylic acids is 2. The van der Waals surface area contributed by atoms with E-state index in [1.807, 2.05) is 0 Å². The van der Waals surface area contributed by atoms with Crippen molar-refractivity contribution in [3.8, 4) is 6.07 Å². The molecule has 1 fully saturated rings. The number of esters is 1. The van der Waals surface area contributed by atoms with E-state index in [-0.39, 0.29) is 18.1 Å². The minimum absolute atomic E-state index is 0.107. The number of amides is 1. The van der Waals surface area contributed by atoms with Gasteiger partial charge in [-0.15, -0.1) is 0 Å². The Morgan fingerprint density at radius 3 is 3.11 bits per heavy atom. The molecule has 0 aromatic rings. The highest BCUT2D eigenvalue weighted by Crippen LogP contribution is 2.06. The first-order chi connectivity index (χ1) is 8.69. The number of nitrogens with zero attached hydrogens (tertiary/aromatic N) is 1. The van der Waals surface area contributed by atoms with Crippen LogP contribution in [-0.4, -0.2) is 31.1 Å². The van der Waals surface area contributed by atoms with Crippen LogP contribution in [-0.2, 0) is 14.3 Å². The molecule has 98 valence electrons. The summed E-state index contributed by atoms with van der Waals surface area (Å²) in [5.41, 5.74) is -0.131. The average Bonchev–Trinajstić information content (AvgIpc) is 2.56. The van der Waals surface area contributed by atoms with Gasteiger partial charge in [-0.05, 0) is 26.2 Å². The fourth-order valence-corrected chi connectivity index (χ4v) is 1.63. The molecule has 1 aliphatic rings. The van der Waals surface area contributed by atoms with E-state index in [0.717, 1.165) is 12.8 Å². The molecular formula is C12H17N3O3. The molecule has 0 saturated carbocycles. The average molecular weight is 251 g/mol. The molecule has 0 radical (unpaired) electrons. The lowest BCUT2D eigenvalue weighted by molar-refractivity contribution is -0.138. The summed E-state index contributed by atoms with van der Waals surface area (Å²) in [6.07, 6.45) is 3.81. The fourth-order valence-electron chi connectivity index (χ4n) is 1.63. The smallest absolute Gasteiger partial charge is 0.350 e. The Morgan fingerprint density at radius 2 is 2.44 bits per heavy atom. The highest BCUT2D eigenvalue weighted by atomic mass is 16.5. The van der Waals surface area contributed by atoms with Crippen molar-refractivity contribution >= 4 is 11.9 Å². The summed E-state index contributed by atoms with van der Waals surface area (Å²) >= 11 is 0. The van der Waals surface area contributed by atoms with Crippen molar-refractivity contribution in [3.05, 3.63) is 11.8 Å². The zero-order valence-electron chi connectivity index (χ0n) is 10.4. The van der Waals surface area contributed by atoms with Gasteiger partial charge in [0.2, 0.25) is 5.91 Å². The van der Waals surface area contributed by atoms with Gasteiger partial charge in [-0.3, -0.25) is 4.79 Å². The molecule has 1 rings (SSSR count). The predicted molar refractivity (Wildman–Crippen MR) is 64.1 cm³/mol. The van der Waals surface area contributed by atoms with Crippen molar-refractivity contribution in [1.82, 2.24) is 10.6 Å². The van der Waals surface area contributed by atoms with Gasteiger partial charge >= 0.3 is 5.97 Å². The Balaban J connectivity index is 2.62. The van der Waals surface area contributed by atoms with Gasteiger partial charge in [0.05, 0.1) is 6.61 Å². The maximum absolute atomic E-state index is 11.6. The number of nitrogens with one attached hydrogen (secondary N) is 2. The van der Waals surface area contributed by atoms with Gasteiger partial charge < -0.3 is 15.4 Å². The Labute approximate surface area is 106 Å². The Bertz CT molecular complexity index is 385. The zero-order valence-corrected chi connectivity index (χ0v) is 10.4. The summed E-state index contributed by atoms with van der Waals surface area (Å²) in [4.78, 5) is 23.0. The molecule has 1 amide bonds. The fraction of sp³-hybridized carbons (Fsp3) is 0.583.